The Morgan fingerprint density at radius 1 is 1.36 bits per heavy atom. The molecule has 0 saturated carbocycles. The highest BCUT2D eigenvalue weighted by molar-refractivity contribution is 7.98. The Bertz CT molecular complexity index is 716. The number of aromatic nitrogens is 2. The number of hydrogen-bond acceptors (Lipinski definition) is 6. The fraction of sp³-hybridized carbons (Fsp3) is 0.267. The van der Waals surface area contributed by atoms with Crippen LogP contribution in [0, 0.1) is 0 Å². The third-order valence-electron chi connectivity index (χ3n) is 3.46. The second-order valence-corrected chi connectivity index (χ2v) is 5.88. The van der Waals surface area contributed by atoms with Gasteiger partial charge in [-0.25, -0.2) is 9.97 Å². The van der Waals surface area contributed by atoms with Crippen molar-refractivity contribution in [1.82, 2.24) is 14.9 Å². The first kappa shape index (κ1) is 14.8. The molecular formula is C15H16N4O2S. The van der Waals surface area contributed by atoms with Crippen LogP contribution in [-0.4, -0.2) is 51.3 Å². The molecule has 0 radical (unpaired) electrons. The molecule has 0 bridgehead atoms. The van der Waals surface area contributed by atoms with Gasteiger partial charge in [-0.2, -0.15) is 0 Å². The van der Waals surface area contributed by atoms with E-state index in [1.165, 1.54) is 11.8 Å². The van der Waals surface area contributed by atoms with E-state index in [-0.39, 0.29) is 5.91 Å². The molecule has 0 atom stereocenters. The van der Waals surface area contributed by atoms with Gasteiger partial charge < -0.3 is 15.7 Å². The number of aliphatic hydroxyl groups is 1. The topological polar surface area (TPSA) is 92.3 Å². The van der Waals surface area contributed by atoms with Crippen molar-refractivity contribution >= 4 is 23.5 Å². The zero-order valence-electron chi connectivity index (χ0n) is 12.1. The number of rotatable bonds is 3. The van der Waals surface area contributed by atoms with E-state index in [4.69, 9.17) is 5.73 Å². The summed E-state index contributed by atoms with van der Waals surface area (Å²) in [6.45, 7) is 0.778. The van der Waals surface area contributed by atoms with Crippen molar-refractivity contribution in [3.05, 3.63) is 35.9 Å². The van der Waals surface area contributed by atoms with Crippen LogP contribution >= 0.6 is 11.8 Å². The van der Waals surface area contributed by atoms with Crippen LogP contribution in [0.2, 0.25) is 0 Å². The Balaban J connectivity index is 1.91. The molecule has 114 valence electrons. The second-order valence-electron chi connectivity index (χ2n) is 5.11. The monoisotopic (exact) mass is 316 g/mol. The lowest BCUT2D eigenvalue weighted by atomic mass is 10.0. The summed E-state index contributed by atoms with van der Waals surface area (Å²) in [5, 5.41) is 9.90. The predicted octanol–water partition coefficient (Wildman–Crippen LogP) is 1.26. The van der Waals surface area contributed by atoms with Crippen molar-refractivity contribution in [3.63, 3.8) is 0 Å². The van der Waals surface area contributed by atoms with Crippen molar-refractivity contribution in [3.8, 4) is 11.3 Å². The number of likely N-dealkylation sites (tertiary alicyclic amines) is 1. The van der Waals surface area contributed by atoms with Crippen LogP contribution in [0.5, 0.6) is 0 Å². The maximum atomic E-state index is 12.3. The van der Waals surface area contributed by atoms with Gasteiger partial charge in [-0.1, -0.05) is 23.9 Å². The van der Waals surface area contributed by atoms with Gasteiger partial charge in [0.2, 0.25) is 0 Å². The van der Waals surface area contributed by atoms with E-state index in [9.17, 15) is 9.90 Å². The minimum atomic E-state index is -0.405. The molecular weight excluding hydrogens is 300 g/mol. The van der Waals surface area contributed by atoms with Crippen LogP contribution in [0.15, 0.2) is 35.5 Å². The summed E-state index contributed by atoms with van der Waals surface area (Å²) >= 11 is 1.42. The molecule has 6 nitrogen and oxygen atoms in total. The summed E-state index contributed by atoms with van der Waals surface area (Å²) in [7, 11) is 0. The molecule has 2 heterocycles. The highest BCUT2D eigenvalue weighted by Gasteiger charge is 2.29. The van der Waals surface area contributed by atoms with Gasteiger partial charge in [-0.15, -0.1) is 0 Å². The van der Waals surface area contributed by atoms with E-state index in [0.29, 0.717) is 35.3 Å². The van der Waals surface area contributed by atoms with Crippen molar-refractivity contribution < 1.29 is 9.90 Å². The van der Waals surface area contributed by atoms with E-state index in [1.807, 2.05) is 18.4 Å². The number of hydrogen-bond donors (Lipinski definition) is 2. The van der Waals surface area contributed by atoms with Crippen LogP contribution in [0.25, 0.3) is 11.3 Å². The highest BCUT2D eigenvalue weighted by atomic mass is 32.2. The number of nitrogens with zero attached hydrogens (tertiary/aromatic N) is 3. The quantitative estimate of drug-likeness (QED) is 0.654. The SMILES string of the molecule is CSc1nc(N)cc(-c2cccc(C(=O)N3CC(O)C3)c2)n1. The molecule has 2 aromatic rings. The lowest BCUT2D eigenvalue weighted by molar-refractivity contribution is 0.00590. The number of carbonyl (C=O) groups is 1. The summed E-state index contributed by atoms with van der Waals surface area (Å²) in [5.41, 5.74) is 7.88. The highest BCUT2D eigenvalue weighted by Crippen LogP contribution is 2.24. The molecule has 0 aliphatic carbocycles. The molecule has 1 aromatic carbocycles. The molecule has 1 aliphatic heterocycles. The minimum absolute atomic E-state index is 0.0840. The normalized spacial score (nSPS) is 14.7. The van der Waals surface area contributed by atoms with Crippen LogP contribution in [0.4, 0.5) is 5.82 Å². The van der Waals surface area contributed by atoms with Gasteiger partial charge in [0.05, 0.1) is 11.8 Å². The smallest absolute Gasteiger partial charge is 0.254 e. The average Bonchev–Trinajstić information content (AvgIpc) is 2.50. The third-order valence-corrected chi connectivity index (χ3v) is 4.01. The van der Waals surface area contributed by atoms with Crippen LogP contribution in [-0.2, 0) is 0 Å². The van der Waals surface area contributed by atoms with E-state index in [1.54, 1.807) is 23.1 Å². The Morgan fingerprint density at radius 3 is 2.82 bits per heavy atom. The summed E-state index contributed by atoms with van der Waals surface area (Å²) in [6.07, 6.45) is 1.48. The van der Waals surface area contributed by atoms with Crippen LogP contribution in [0.3, 0.4) is 0 Å². The number of amides is 1. The molecule has 3 rings (SSSR count). The zero-order chi connectivity index (χ0) is 15.7. The van der Waals surface area contributed by atoms with E-state index in [2.05, 4.69) is 9.97 Å². The number of aliphatic hydroxyl groups excluding tert-OH is 1. The molecule has 1 fully saturated rings. The lowest BCUT2D eigenvalue weighted by Gasteiger charge is -2.35. The minimum Gasteiger partial charge on any atom is -0.389 e. The number of benzene rings is 1. The Labute approximate surface area is 132 Å². The molecule has 1 aromatic heterocycles. The molecule has 3 N–H and O–H groups in total. The Kier molecular flexibility index (Phi) is 4.00. The number of nitrogens with two attached hydrogens (primary N) is 1. The fourth-order valence-electron chi connectivity index (χ4n) is 2.30. The lowest BCUT2D eigenvalue weighted by Crippen LogP contribution is -2.53. The van der Waals surface area contributed by atoms with Gasteiger partial charge in [-0.05, 0) is 18.4 Å². The van der Waals surface area contributed by atoms with Crippen molar-refractivity contribution in [1.29, 1.82) is 0 Å². The van der Waals surface area contributed by atoms with Gasteiger partial charge in [0.15, 0.2) is 5.16 Å². The largest absolute Gasteiger partial charge is 0.389 e. The van der Waals surface area contributed by atoms with Gasteiger partial charge in [0.25, 0.3) is 5.91 Å². The Hall–Kier alpha value is -2.12. The average molecular weight is 316 g/mol. The number of carbonyl (C=O) groups excluding carboxylic acids is 1. The summed E-state index contributed by atoms with van der Waals surface area (Å²) < 4.78 is 0. The molecule has 22 heavy (non-hydrogen) atoms. The van der Waals surface area contributed by atoms with Crippen LogP contribution < -0.4 is 5.73 Å². The van der Waals surface area contributed by atoms with Crippen molar-refractivity contribution in [2.45, 2.75) is 11.3 Å². The maximum absolute atomic E-state index is 12.3. The van der Waals surface area contributed by atoms with E-state index in [0.717, 1.165) is 5.56 Å². The van der Waals surface area contributed by atoms with E-state index < -0.39 is 6.10 Å². The van der Waals surface area contributed by atoms with Gasteiger partial charge in [0.1, 0.15) is 5.82 Å². The van der Waals surface area contributed by atoms with E-state index >= 15 is 0 Å². The summed E-state index contributed by atoms with van der Waals surface area (Å²) in [6, 6.07) is 8.94. The third kappa shape index (κ3) is 2.90. The summed E-state index contributed by atoms with van der Waals surface area (Å²) in [5.74, 6) is 0.316. The molecule has 1 saturated heterocycles. The first-order valence-electron chi connectivity index (χ1n) is 6.83. The number of β-amino-alcohol motifs (C(OH)–C–C–N with tert-alkyl or cyclic N) is 1. The second kappa shape index (κ2) is 5.94. The van der Waals surface area contributed by atoms with Gasteiger partial charge in [-0.3, -0.25) is 4.79 Å². The molecule has 1 amide bonds. The Morgan fingerprint density at radius 2 is 2.14 bits per heavy atom. The first-order chi connectivity index (χ1) is 10.6. The number of anilines is 1. The number of thioether (sulfide) groups is 1. The standard InChI is InChI=1S/C15H16N4O2S/c1-22-15-17-12(6-13(16)18-15)9-3-2-4-10(5-9)14(21)19-7-11(20)8-19/h2-6,11,20H,7-8H2,1H3,(H2,16,17,18). The van der Waals surface area contributed by atoms with Gasteiger partial charge >= 0.3 is 0 Å². The molecule has 1 aliphatic rings. The van der Waals surface area contributed by atoms with Crippen LogP contribution in [0.1, 0.15) is 10.4 Å². The maximum Gasteiger partial charge on any atom is 0.254 e. The fourth-order valence-corrected chi connectivity index (χ4v) is 2.68. The van der Waals surface area contributed by atoms with Gasteiger partial charge in [0, 0.05) is 30.3 Å². The molecule has 0 unspecified atom stereocenters. The molecule has 0 spiro atoms. The number of nitrogen functional groups attached to an aromatic ring is 1. The first-order valence-corrected chi connectivity index (χ1v) is 8.05. The summed E-state index contributed by atoms with van der Waals surface area (Å²) in [4.78, 5) is 22.5. The zero-order valence-corrected chi connectivity index (χ0v) is 12.9. The molecule has 7 heteroatoms. The van der Waals surface area contributed by atoms with Crippen molar-refractivity contribution in [2.75, 3.05) is 25.1 Å². The van der Waals surface area contributed by atoms with Crippen molar-refractivity contribution in [2.24, 2.45) is 0 Å². The predicted molar refractivity (Wildman–Crippen MR) is 85.6 cm³/mol.